The van der Waals surface area contributed by atoms with E-state index < -0.39 is 0 Å². The Labute approximate surface area is 87.4 Å². The van der Waals surface area contributed by atoms with Crippen LogP contribution >= 0.6 is 0 Å². The Bertz CT molecular complexity index is 543. The van der Waals surface area contributed by atoms with E-state index in [0.717, 1.165) is 22.0 Å². The lowest BCUT2D eigenvalue weighted by molar-refractivity contribution is 0.300. The number of nitrogens with one attached hydrogen (secondary N) is 1. The molecule has 0 aliphatic rings. The van der Waals surface area contributed by atoms with Crippen LogP contribution in [0.2, 0.25) is 0 Å². The summed E-state index contributed by atoms with van der Waals surface area (Å²) in [5, 5.41) is 9.92. The molecule has 0 unspecified atom stereocenters. The number of rotatable bonds is 2. The number of H-pyrrole nitrogens is 1. The molecule has 15 heavy (non-hydrogen) atoms. The van der Waals surface area contributed by atoms with Gasteiger partial charge in [0.15, 0.2) is 0 Å². The first kappa shape index (κ1) is 9.93. The Morgan fingerprint density at radius 3 is 2.87 bits per heavy atom. The van der Waals surface area contributed by atoms with Crippen molar-refractivity contribution in [2.24, 2.45) is 0 Å². The molecule has 3 nitrogen and oxygen atoms in total. The standard InChI is InChI=1S/C12H13NO2/c1-8-2-3-10-9(4-5-14)7-12(15)13-11(10)6-8/h2-3,6-7,14H,4-5H2,1H3,(H,13,15). The fraction of sp³-hybridized carbons (Fsp3) is 0.250. The third-order valence-corrected chi connectivity index (χ3v) is 2.47. The van der Waals surface area contributed by atoms with Gasteiger partial charge in [-0.2, -0.15) is 0 Å². The molecule has 1 aromatic carbocycles. The minimum Gasteiger partial charge on any atom is -0.396 e. The molecular weight excluding hydrogens is 190 g/mol. The van der Waals surface area contributed by atoms with Crippen molar-refractivity contribution in [3.63, 3.8) is 0 Å². The quantitative estimate of drug-likeness (QED) is 0.774. The second-order valence-electron chi connectivity index (χ2n) is 3.68. The number of aliphatic hydroxyl groups is 1. The normalized spacial score (nSPS) is 10.8. The summed E-state index contributed by atoms with van der Waals surface area (Å²) >= 11 is 0. The summed E-state index contributed by atoms with van der Waals surface area (Å²) in [7, 11) is 0. The highest BCUT2D eigenvalue weighted by molar-refractivity contribution is 5.82. The smallest absolute Gasteiger partial charge is 0.248 e. The molecule has 0 amide bonds. The number of hydrogen-bond donors (Lipinski definition) is 2. The highest BCUT2D eigenvalue weighted by Gasteiger charge is 2.02. The van der Waals surface area contributed by atoms with E-state index >= 15 is 0 Å². The maximum atomic E-state index is 11.4. The average molecular weight is 203 g/mol. The van der Waals surface area contributed by atoms with Crippen LogP contribution in [0.4, 0.5) is 0 Å². The maximum absolute atomic E-state index is 11.4. The second-order valence-corrected chi connectivity index (χ2v) is 3.68. The predicted molar refractivity (Wildman–Crippen MR) is 60.1 cm³/mol. The molecule has 0 saturated carbocycles. The van der Waals surface area contributed by atoms with Crippen LogP contribution in [0.1, 0.15) is 11.1 Å². The van der Waals surface area contributed by atoms with Crippen LogP contribution in [0.25, 0.3) is 10.9 Å². The van der Waals surface area contributed by atoms with E-state index in [-0.39, 0.29) is 12.2 Å². The van der Waals surface area contributed by atoms with Gasteiger partial charge in [-0.1, -0.05) is 12.1 Å². The van der Waals surface area contributed by atoms with Crippen LogP contribution in [0.15, 0.2) is 29.1 Å². The molecule has 0 bridgehead atoms. The fourth-order valence-corrected chi connectivity index (χ4v) is 1.77. The van der Waals surface area contributed by atoms with Crippen molar-refractivity contribution in [2.45, 2.75) is 13.3 Å². The number of aromatic nitrogens is 1. The van der Waals surface area contributed by atoms with Gasteiger partial charge in [0.05, 0.1) is 0 Å². The Kier molecular flexibility index (Phi) is 2.56. The first-order valence-electron chi connectivity index (χ1n) is 4.94. The lowest BCUT2D eigenvalue weighted by Crippen LogP contribution is -2.07. The van der Waals surface area contributed by atoms with Gasteiger partial charge in [-0.25, -0.2) is 0 Å². The van der Waals surface area contributed by atoms with Crippen molar-refractivity contribution in [1.29, 1.82) is 0 Å². The average Bonchev–Trinajstić information content (AvgIpc) is 2.17. The largest absolute Gasteiger partial charge is 0.396 e. The van der Waals surface area contributed by atoms with Gasteiger partial charge in [-0.05, 0) is 30.5 Å². The minimum atomic E-state index is -0.114. The molecule has 0 radical (unpaired) electrons. The third-order valence-electron chi connectivity index (χ3n) is 2.47. The SMILES string of the molecule is Cc1ccc2c(CCO)cc(=O)[nH]c2c1. The Hall–Kier alpha value is -1.61. The monoisotopic (exact) mass is 203 g/mol. The minimum absolute atomic E-state index is 0.0619. The molecule has 0 atom stereocenters. The van der Waals surface area contributed by atoms with E-state index in [9.17, 15) is 4.79 Å². The molecule has 3 heteroatoms. The Morgan fingerprint density at radius 1 is 1.33 bits per heavy atom. The van der Waals surface area contributed by atoms with Crippen LogP contribution < -0.4 is 5.56 Å². The summed E-state index contributed by atoms with van der Waals surface area (Å²) in [5.74, 6) is 0. The lowest BCUT2D eigenvalue weighted by atomic mass is 10.1. The molecule has 0 fully saturated rings. The maximum Gasteiger partial charge on any atom is 0.248 e. The van der Waals surface area contributed by atoms with Crippen molar-refractivity contribution >= 4 is 10.9 Å². The summed E-state index contributed by atoms with van der Waals surface area (Å²) in [6, 6.07) is 7.47. The van der Waals surface area contributed by atoms with Gasteiger partial charge in [0.25, 0.3) is 0 Å². The van der Waals surface area contributed by atoms with Gasteiger partial charge >= 0.3 is 0 Å². The van der Waals surface area contributed by atoms with Gasteiger partial charge in [0.1, 0.15) is 0 Å². The Morgan fingerprint density at radius 2 is 2.13 bits per heavy atom. The van der Waals surface area contributed by atoms with Crippen LogP contribution in [-0.2, 0) is 6.42 Å². The third kappa shape index (κ3) is 1.92. The van der Waals surface area contributed by atoms with Crippen LogP contribution in [0.5, 0.6) is 0 Å². The zero-order valence-corrected chi connectivity index (χ0v) is 8.58. The number of benzene rings is 1. The van der Waals surface area contributed by atoms with Gasteiger partial charge in [-0.15, -0.1) is 0 Å². The second kappa shape index (κ2) is 3.87. The highest BCUT2D eigenvalue weighted by Crippen LogP contribution is 2.16. The van der Waals surface area contributed by atoms with E-state index in [0.29, 0.717) is 6.42 Å². The topological polar surface area (TPSA) is 53.1 Å². The number of aromatic amines is 1. The van der Waals surface area contributed by atoms with Crippen LogP contribution in [0, 0.1) is 6.92 Å². The van der Waals surface area contributed by atoms with Crippen molar-refractivity contribution in [1.82, 2.24) is 4.98 Å². The lowest BCUT2D eigenvalue weighted by Gasteiger charge is -2.05. The number of pyridine rings is 1. The summed E-state index contributed by atoms with van der Waals surface area (Å²) in [4.78, 5) is 14.1. The van der Waals surface area contributed by atoms with E-state index in [1.807, 2.05) is 25.1 Å². The van der Waals surface area contributed by atoms with Crippen molar-refractivity contribution < 1.29 is 5.11 Å². The summed E-state index contributed by atoms with van der Waals surface area (Å²) in [6.45, 7) is 2.04. The molecule has 0 aliphatic carbocycles. The van der Waals surface area contributed by atoms with Crippen LogP contribution in [-0.4, -0.2) is 16.7 Å². The molecular formula is C12H13NO2. The molecule has 78 valence electrons. The first-order valence-corrected chi connectivity index (χ1v) is 4.94. The van der Waals surface area contributed by atoms with Crippen molar-refractivity contribution in [3.8, 4) is 0 Å². The molecule has 1 aromatic heterocycles. The molecule has 2 rings (SSSR count). The van der Waals surface area contributed by atoms with Gasteiger partial charge in [0, 0.05) is 23.6 Å². The zero-order chi connectivity index (χ0) is 10.8. The Balaban J connectivity index is 2.74. The number of aryl methyl sites for hydroxylation is 1. The van der Waals surface area contributed by atoms with Gasteiger partial charge < -0.3 is 10.1 Å². The number of aliphatic hydroxyl groups excluding tert-OH is 1. The molecule has 1 heterocycles. The summed E-state index contributed by atoms with van der Waals surface area (Å²) in [6.07, 6.45) is 0.517. The highest BCUT2D eigenvalue weighted by atomic mass is 16.3. The number of fused-ring (bicyclic) bond motifs is 1. The van der Waals surface area contributed by atoms with E-state index in [2.05, 4.69) is 4.98 Å². The van der Waals surface area contributed by atoms with Crippen molar-refractivity contribution in [3.05, 3.63) is 45.7 Å². The van der Waals surface area contributed by atoms with E-state index in [1.54, 1.807) is 6.07 Å². The molecule has 2 aromatic rings. The fourth-order valence-electron chi connectivity index (χ4n) is 1.77. The van der Waals surface area contributed by atoms with Crippen LogP contribution in [0.3, 0.4) is 0 Å². The molecule has 0 aliphatic heterocycles. The number of hydrogen-bond acceptors (Lipinski definition) is 2. The van der Waals surface area contributed by atoms with E-state index in [4.69, 9.17) is 5.11 Å². The summed E-state index contributed by atoms with van der Waals surface area (Å²) in [5.41, 5.74) is 2.73. The van der Waals surface area contributed by atoms with E-state index in [1.165, 1.54) is 0 Å². The zero-order valence-electron chi connectivity index (χ0n) is 8.58. The molecule has 0 spiro atoms. The first-order chi connectivity index (χ1) is 7.20. The predicted octanol–water partition coefficient (Wildman–Crippen LogP) is 1.37. The summed E-state index contributed by atoms with van der Waals surface area (Å²) < 4.78 is 0. The van der Waals surface area contributed by atoms with Gasteiger partial charge in [0.2, 0.25) is 5.56 Å². The molecule has 2 N–H and O–H groups in total. The van der Waals surface area contributed by atoms with Gasteiger partial charge in [-0.3, -0.25) is 4.79 Å². The molecule has 0 saturated heterocycles. The van der Waals surface area contributed by atoms with Crippen molar-refractivity contribution in [2.75, 3.05) is 6.61 Å².